The molecule has 14 heteroatoms. The number of esters is 4. The summed E-state index contributed by atoms with van der Waals surface area (Å²) < 4.78 is 47.3. The zero-order valence-corrected chi connectivity index (χ0v) is 33.8. The first-order valence-corrected chi connectivity index (χ1v) is 20.8. The van der Waals surface area contributed by atoms with Crippen LogP contribution in [-0.2, 0) is 55.8 Å². The fourth-order valence-electron chi connectivity index (χ4n) is 6.35. The second-order valence-corrected chi connectivity index (χ2v) is 25.9. The van der Waals surface area contributed by atoms with Gasteiger partial charge in [0.05, 0.1) is 26.4 Å². The molecule has 0 bridgehead atoms. The summed E-state index contributed by atoms with van der Waals surface area (Å²) in [5, 5.41) is -1.25. The molecule has 280 valence electrons. The first kappa shape index (κ1) is 44.2. The Kier molecular flexibility index (Phi) is 17.4. The second kappa shape index (κ2) is 19.0. The van der Waals surface area contributed by atoms with Crippen LogP contribution < -0.4 is 0 Å². The molecule has 1 saturated heterocycles. The lowest BCUT2D eigenvalue weighted by Gasteiger charge is -2.49. The Hall–Kier alpha value is -1.85. The highest BCUT2D eigenvalue weighted by molar-refractivity contribution is 6.74. The molecule has 1 rings (SSSR count). The van der Waals surface area contributed by atoms with E-state index in [1.54, 1.807) is 0 Å². The number of carbonyl (C=O) groups is 4. The van der Waals surface area contributed by atoms with Crippen LogP contribution in [0.4, 0.5) is 0 Å². The first-order chi connectivity index (χ1) is 22.0. The van der Waals surface area contributed by atoms with Gasteiger partial charge in [-0.3, -0.25) is 19.2 Å². The van der Waals surface area contributed by atoms with Crippen LogP contribution in [0.15, 0.2) is 0 Å². The summed E-state index contributed by atoms with van der Waals surface area (Å²) >= 11 is 0. The van der Waals surface area contributed by atoms with E-state index in [0.717, 1.165) is 0 Å². The number of rotatable bonds is 0. The Bertz CT molecular complexity index is 873. The number of cyclic esters (lactones) is 4. The highest BCUT2D eigenvalue weighted by Gasteiger charge is 2.59. The fraction of sp³-hybridized carbons (Fsp3) is 0.882. The number of hydrogen-bond donors (Lipinski definition) is 0. The van der Waals surface area contributed by atoms with Gasteiger partial charge in [0.15, 0.2) is 0 Å². The molecule has 0 radical (unpaired) electrons. The minimum absolute atomic E-state index is 0.0867. The van der Waals surface area contributed by atoms with Crippen molar-refractivity contribution in [2.45, 2.75) is 142 Å². The Morgan fingerprint density at radius 1 is 0.354 bits per heavy atom. The van der Waals surface area contributed by atoms with Crippen LogP contribution in [-0.4, -0.2) is 93.9 Å². The van der Waals surface area contributed by atoms with Crippen molar-refractivity contribution in [2.75, 3.05) is 52.9 Å². The molecule has 1 aliphatic rings. The van der Waals surface area contributed by atoms with Crippen molar-refractivity contribution in [1.29, 1.82) is 0 Å². The predicted octanol–water partition coefficient (Wildman–Crippen LogP) is 6.66. The Labute approximate surface area is 291 Å². The molecule has 12 nitrogen and oxygen atoms in total. The molecule has 0 aromatic carbocycles. The average Bonchev–Trinajstić information content (AvgIpc) is 2.91. The normalized spacial score (nSPS) is 22.2. The number of carbonyl (C=O) groups excluding carboxylic acids is 4. The van der Waals surface area contributed by atoms with Gasteiger partial charge in [-0.2, -0.15) is 0 Å². The lowest BCUT2D eigenvalue weighted by atomic mass is 10.2. The van der Waals surface area contributed by atoms with E-state index < -0.39 is 53.8 Å². The van der Waals surface area contributed by atoms with E-state index in [0.29, 0.717) is 52.1 Å². The maximum atomic E-state index is 12.3. The standard InChI is InChI=1S/C34H64O12Si2/c1-31(2,3)47(32(4,5)6)43-21-13-17-39-27(35)25-29(37)41-19-15-23-45-48(33(7,8)9,34(10,11)12)46-24-16-20-42-30(38)26-28(36)40-18-14-22-44-47/h13-26H2,1-12H3. The summed E-state index contributed by atoms with van der Waals surface area (Å²) in [5.74, 6) is -2.62. The summed E-state index contributed by atoms with van der Waals surface area (Å²) in [4.78, 5) is 49.3. The van der Waals surface area contributed by atoms with Crippen LogP contribution in [0.25, 0.3) is 0 Å². The van der Waals surface area contributed by atoms with E-state index in [1.807, 2.05) is 0 Å². The molecule has 0 N–H and O–H groups in total. The van der Waals surface area contributed by atoms with Crippen molar-refractivity contribution in [1.82, 2.24) is 0 Å². The van der Waals surface area contributed by atoms with Gasteiger partial charge in [0.2, 0.25) is 0 Å². The summed E-state index contributed by atoms with van der Waals surface area (Å²) in [6, 6.07) is 0. The second-order valence-electron chi connectivity index (χ2n) is 16.3. The van der Waals surface area contributed by atoms with Crippen molar-refractivity contribution < 1.29 is 55.8 Å². The van der Waals surface area contributed by atoms with Crippen molar-refractivity contribution in [3.63, 3.8) is 0 Å². The van der Waals surface area contributed by atoms with E-state index in [4.69, 9.17) is 36.7 Å². The molecule has 0 aliphatic carbocycles. The summed E-state index contributed by atoms with van der Waals surface area (Å²) in [6.45, 7) is 26.5. The largest absolute Gasteiger partial charge is 0.465 e. The van der Waals surface area contributed by atoms with Gasteiger partial charge >= 0.3 is 41.0 Å². The minimum atomic E-state index is -2.92. The van der Waals surface area contributed by atoms with E-state index in [2.05, 4.69) is 83.1 Å². The third-order valence-corrected chi connectivity index (χ3v) is 18.3. The molecule has 0 spiro atoms. The molecule has 1 heterocycles. The van der Waals surface area contributed by atoms with E-state index in [-0.39, 0.29) is 46.6 Å². The van der Waals surface area contributed by atoms with Gasteiger partial charge in [-0.25, -0.2) is 0 Å². The Morgan fingerprint density at radius 3 is 0.708 bits per heavy atom. The fourth-order valence-corrected chi connectivity index (χ4v) is 16.2. The average molecular weight is 721 g/mol. The number of hydrogen-bond acceptors (Lipinski definition) is 12. The maximum Gasteiger partial charge on any atom is 0.349 e. The zero-order valence-electron chi connectivity index (χ0n) is 31.8. The smallest absolute Gasteiger partial charge is 0.349 e. The highest BCUT2D eigenvalue weighted by Crippen LogP contribution is 2.53. The van der Waals surface area contributed by atoms with Crippen LogP contribution in [0.5, 0.6) is 0 Å². The third-order valence-electron chi connectivity index (χ3n) is 7.96. The molecule has 1 aliphatic heterocycles. The molecule has 0 aromatic rings. The van der Waals surface area contributed by atoms with Crippen LogP contribution in [0.3, 0.4) is 0 Å². The lowest BCUT2D eigenvalue weighted by molar-refractivity contribution is -0.156. The van der Waals surface area contributed by atoms with Crippen molar-refractivity contribution in [2.24, 2.45) is 0 Å². The third kappa shape index (κ3) is 13.5. The van der Waals surface area contributed by atoms with Gasteiger partial charge in [-0.1, -0.05) is 83.1 Å². The van der Waals surface area contributed by atoms with Crippen molar-refractivity contribution in [3.8, 4) is 0 Å². The maximum absolute atomic E-state index is 12.3. The SMILES string of the molecule is CC(C)(C)[Si]1(C(C)(C)C)OCCCOC(=O)CC(=O)OCCCO[Si](C(C)(C)C)(C(C)(C)C)OCCCOC(=O)CC(=O)OCCCO1. The van der Waals surface area contributed by atoms with Crippen molar-refractivity contribution >= 4 is 41.0 Å². The molecule has 0 unspecified atom stereocenters. The molecule has 0 atom stereocenters. The van der Waals surface area contributed by atoms with Gasteiger partial charge < -0.3 is 36.7 Å². The van der Waals surface area contributed by atoms with Crippen LogP contribution in [0.1, 0.15) is 122 Å². The molecule has 0 saturated carbocycles. The van der Waals surface area contributed by atoms with E-state index >= 15 is 0 Å². The van der Waals surface area contributed by atoms with Gasteiger partial charge in [0, 0.05) is 72.3 Å². The first-order valence-electron chi connectivity index (χ1n) is 17.2. The summed E-state index contributed by atoms with van der Waals surface area (Å²) in [5.41, 5.74) is 0. The molecule has 0 amide bonds. The predicted molar refractivity (Wildman–Crippen MR) is 186 cm³/mol. The van der Waals surface area contributed by atoms with Crippen LogP contribution in [0.2, 0.25) is 20.2 Å². The van der Waals surface area contributed by atoms with Crippen LogP contribution in [0, 0.1) is 0 Å². The Balaban J connectivity index is 3.01. The molecular weight excluding hydrogens is 657 g/mol. The Morgan fingerprint density at radius 2 is 0.542 bits per heavy atom. The van der Waals surface area contributed by atoms with Gasteiger partial charge in [0.1, 0.15) is 12.8 Å². The summed E-state index contributed by atoms with van der Waals surface area (Å²) in [7, 11) is -5.84. The van der Waals surface area contributed by atoms with E-state index in [1.165, 1.54) is 0 Å². The van der Waals surface area contributed by atoms with Gasteiger partial charge in [-0.05, 0) is 0 Å². The van der Waals surface area contributed by atoms with Gasteiger partial charge in [-0.15, -0.1) is 0 Å². The number of ether oxygens (including phenoxy) is 4. The molecule has 0 aromatic heterocycles. The van der Waals surface area contributed by atoms with Gasteiger partial charge in [0.25, 0.3) is 0 Å². The molecule has 1 fully saturated rings. The quantitative estimate of drug-likeness (QED) is 0.114. The zero-order chi connectivity index (χ0) is 36.9. The monoisotopic (exact) mass is 720 g/mol. The van der Waals surface area contributed by atoms with Crippen LogP contribution >= 0.6 is 0 Å². The topological polar surface area (TPSA) is 142 Å². The molecular formula is C34H64O12Si2. The highest BCUT2D eigenvalue weighted by atomic mass is 28.4. The minimum Gasteiger partial charge on any atom is -0.465 e. The lowest BCUT2D eigenvalue weighted by Crippen LogP contribution is -2.57. The molecule has 48 heavy (non-hydrogen) atoms. The van der Waals surface area contributed by atoms with E-state index in [9.17, 15) is 19.2 Å². The summed E-state index contributed by atoms with van der Waals surface area (Å²) in [6.07, 6.45) is 0.732. The van der Waals surface area contributed by atoms with Crippen molar-refractivity contribution in [3.05, 3.63) is 0 Å².